The molecule has 0 radical (unpaired) electrons. The van der Waals surface area contributed by atoms with Crippen molar-refractivity contribution >= 4 is 0 Å². The van der Waals surface area contributed by atoms with Crippen LogP contribution < -0.4 is 0 Å². The number of para-hydroxylation sites is 1. The number of ether oxygens (including phenoxy) is 3. The standard InChI is InChI=1S/C6H14O3.C6H6O/c1-7-3-5-9-6-4-8-2;7-6-4-2-1-3-5-6/h3-6H2,1-2H3;1-5,7H. The van der Waals surface area contributed by atoms with Crippen molar-refractivity contribution in [2.75, 3.05) is 40.6 Å². The van der Waals surface area contributed by atoms with Gasteiger partial charge >= 0.3 is 0 Å². The Balaban J connectivity index is 0.000000288. The van der Waals surface area contributed by atoms with Crippen molar-refractivity contribution in [3.8, 4) is 5.75 Å². The smallest absolute Gasteiger partial charge is 0.115 e. The Kier molecular flexibility index (Phi) is 11.1. The molecule has 92 valence electrons. The zero-order chi connectivity index (χ0) is 12.1. The van der Waals surface area contributed by atoms with Gasteiger partial charge in [-0.2, -0.15) is 0 Å². The van der Waals surface area contributed by atoms with Gasteiger partial charge < -0.3 is 19.3 Å². The molecule has 0 heterocycles. The lowest BCUT2D eigenvalue weighted by Crippen LogP contribution is -2.06. The van der Waals surface area contributed by atoms with Crippen molar-refractivity contribution in [2.45, 2.75) is 0 Å². The van der Waals surface area contributed by atoms with E-state index in [2.05, 4.69) is 0 Å². The third kappa shape index (κ3) is 11.0. The molecule has 0 aromatic heterocycles. The SMILES string of the molecule is COCCOCCOC.Oc1ccccc1. The highest BCUT2D eigenvalue weighted by Crippen LogP contribution is 2.02. The van der Waals surface area contributed by atoms with E-state index in [1.165, 1.54) is 0 Å². The van der Waals surface area contributed by atoms with Crippen LogP contribution in [-0.2, 0) is 14.2 Å². The minimum atomic E-state index is 0.322. The fourth-order valence-electron chi connectivity index (χ4n) is 0.815. The molecule has 1 aromatic rings. The summed E-state index contributed by atoms with van der Waals surface area (Å²) in [6.07, 6.45) is 0. The first-order valence-corrected chi connectivity index (χ1v) is 5.11. The second-order valence-electron chi connectivity index (χ2n) is 2.93. The molecule has 0 saturated heterocycles. The fraction of sp³-hybridized carbons (Fsp3) is 0.500. The maximum Gasteiger partial charge on any atom is 0.115 e. The average molecular weight is 228 g/mol. The molecule has 0 amide bonds. The van der Waals surface area contributed by atoms with Crippen molar-refractivity contribution in [2.24, 2.45) is 0 Å². The maximum atomic E-state index is 8.63. The summed E-state index contributed by atoms with van der Waals surface area (Å²) < 4.78 is 14.6. The number of benzene rings is 1. The molecule has 0 aliphatic rings. The Hall–Kier alpha value is -1.10. The van der Waals surface area contributed by atoms with Crippen LogP contribution in [0, 0.1) is 0 Å². The summed E-state index contributed by atoms with van der Waals surface area (Å²) in [7, 11) is 3.30. The van der Waals surface area contributed by atoms with Gasteiger partial charge in [-0.25, -0.2) is 0 Å². The Morgan fingerprint density at radius 2 is 1.38 bits per heavy atom. The van der Waals surface area contributed by atoms with Gasteiger partial charge in [-0.15, -0.1) is 0 Å². The van der Waals surface area contributed by atoms with Gasteiger partial charge in [-0.05, 0) is 12.1 Å². The molecule has 0 aliphatic heterocycles. The first-order chi connectivity index (χ1) is 7.81. The predicted molar refractivity (Wildman–Crippen MR) is 62.7 cm³/mol. The first kappa shape index (κ1) is 14.9. The van der Waals surface area contributed by atoms with E-state index in [1.807, 2.05) is 6.07 Å². The number of hydrogen-bond donors (Lipinski definition) is 1. The third-order valence-corrected chi connectivity index (χ3v) is 1.62. The highest BCUT2D eigenvalue weighted by molar-refractivity contribution is 5.18. The Morgan fingerprint density at radius 1 is 0.875 bits per heavy atom. The molecule has 1 N–H and O–H groups in total. The van der Waals surface area contributed by atoms with Crippen LogP contribution in [0.2, 0.25) is 0 Å². The lowest BCUT2D eigenvalue weighted by atomic mass is 10.3. The Labute approximate surface area is 96.8 Å². The topological polar surface area (TPSA) is 47.9 Å². The van der Waals surface area contributed by atoms with Gasteiger partial charge in [0.2, 0.25) is 0 Å². The second kappa shape index (κ2) is 12.0. The van der Waals surface area contributed by atoms with Crippen LogP contribution in [0.4, 0.5) is 0 Å². The van der Waals surface area contributed by atoms with Crippen molar-refractivity contribution in [3.63, 3.8) is 0 Å². The van der Waals surface area contributed by atoms with Gasteiger partial charge in [0.15, 0.2) is 0 Å². The number of hydrogen-bond acceptors (Lipinski definition) is 4. The lowest BCUT2D eigenvalue weighted by molar-refractivity contribution is 0.0385. The van der Waals surface area contributed by atoms with Crippen molar-refractivity contribution in [3.05, 3.63) is 30.3 Å². The number of methoxy groups -OCH3 is 2. The zero-order valence-corrected chi connectivity index (χ0v) is 9.89. The summed E-state index contributed by atoms with van der Waals surface area (Å²) in [5.41, 5.74) is 0. The summed E-state index contributed by atoms with van der Waals surface area (Å²) in [4.78, 5) is 0. The average Bonchev–Trinajstić information content (AvgIpc) is 2.31. The molecule has 1 aromatic carbocycles. The molecule has 0 saturated carbocycles. The van der Waals surface area contributed by atoms with Crippen LogP contribution >= 0.6 is 0 Å². The number of aromatic hydroxyl groups is 1. The molecule has 4 nitrogen and oxygen atoms in total. The van der Waals surface area contributed by atoms with E-state index < -0.39 is 0 Å². The zero-order valence-electron chi connectivity index (χ0n) is 9.89. The van der Waals surface area contributed by atoms with Gasteiger partial charge in [-0.3, -0.25) is 0 Å². The maximum absolute atomic E-state index is 8.63. The van der Waals surface area contributed by atoms with Gasteiger partial charge in [0, 0.05) is 14.2 Å². The van der Waals surface area contributed by atoms with Gasteiger partial charge in [0.25, 0.3) is 0 Å². The van der Waals surface area contributed by atoms with E-state index in [0.29, 0.717) is 32.2 Å². The van der Waals surface area contributed by atoms with Crippen molar-refractivity contribution in [1.29, 1.82) is 0 Å². The van der Waals surface area contributed by atoms with Crippen LogP contribution in [-0.4, -0.2) is 45.8 Å². The second-order valence-corrected chi connectivity index (χ2v) is 2.93. The van der Waals surface area contributed by atoms with Gasteiger partial charge in [0.05, 0.1) is 26.4 Å². The molecule has 16 heavy (non-hydrogen) atoms. The number of rotatable bonds is 6. The Bertz CT molecular complexity index is 220. The van der Waals surface area contributed by atoms with Gasteiger partial charge in [-0.1, -0.05) is 18.2 Å². The fourth-order valence-corrected chi connectivity index (χ4v) is 0.815. The molecular weight excluding hydrogens is 208 g/mol. The summed E-state index contributed by atoms with van der Waals surface area (Å²) in [6.45, 7) is 2.62. The van der Waals surface area contributed by atoms with E-state index in [-0.39, 0.29) is 0 Å². The monoisotopic (exact) mass is 228 g/mol. The Morgan fingerprint density at radius 3 is 1.69 bits per heavy atom. The highest BCUT2D eigenvalue weighted by Gasteiger charge is 1.84. The van der Waals surface area contributed by atoms with E-state index >= 15 is 0 Å². The molecule has 0 spiro atoms. The highest BCUT2D eigenvalue weighted by atomic mass is 16.5. The normalized spacial score (nSPS) is 9.38. The first-order valence-electron chi connectivity index (χ1n) is 5.11. The van der Waals surface area contributed by atoms with Crippen LogP contribution in [0.15, 0.2) is 30.3 Å². The van der Waals surface area contributed by atoms with E-state index in [9.17, 15) is 0 Å². The van der Waals surface area contributed by atoms with E-state index in [1.54, 1.807) is 38.5 Å². The molecule has 0 atom stereocenters. The van der Waals surface area contributed by atoms with Crippen molar-refractivity contribution in [1.82, 2.24) is 0 Å². The summed E-state index contributed by atoms with van der Waals surface area (Å²) in [5.74, 6) is 0.322. The summed E-state index contributed by atoms with van der Waals surface area (Å²) in [5, 5.41) is 8.63. The predicted octanol–water partition coefficient (Wildman–Crippen LogP) is 1.69. The van der Waals surface area contributed by atoms with Crippen LogP contribution in [0.5, 0.6) is 5.75 Å². The summed E-state index contributed by atoms with van der Waals surface area (Å²) in [6, 6.07) is 8.71. The molecule has 0 aliphatic carbocycles. The van der Waals surface area contributed by atoms with E-state index in [0.717, 1.165) is 0 Å². The van der Waals surface area contributed by atoms with E-state index in [4.69, 9.17) is 19.3 Å². The molecule has 0 unspecified atom stereocenters. The van der Waals surface area contributed by atoms with Gasteiger partial charge in [0.1, 0.15) is 5.75 Å². The lowest BCUT2D eigenvalue weighted by Gasteiger charge is -2.00. The molecule has 0 fully saturated rings. The molecule has 1 rings (SSSR count). The third-order valence-electron chi connectivity index (χ3n) is 1.62. The molecule has 4 heteroatoms. The quantitative estimate of drug-likeness (QED) is 0.753. The summed E-state index contributed by atoms with van der Waals surface area (Å²) >= 11 is 0. The van der Waals surface area contributed by atoms with Crippen LogP contribution in [0.3, 0.4) is 0 Å². The number of phenols is 1. The molecular formula is C12H20O4. The number of phenolic OH excluding ortho intramolecular Hbond substituents is 1. The largest absolute Gasteiger partial charge is 0.508 e. The molecule has 0 bridgehead atoms. The van der Waals surface area contributed by atoms with Crippen molar-refractivity contribution < 1.29 is 19.3 Å². The van der Waals surface area contributed by atoms with Crippen LogP contribution in [0.1, 0.15) is 0 Å². The van der Waals surface area contributed by atoms with Crippen LogP contribution in [0.25, 0.3) is 0 Å². The minimum absolute atomic E-state index is 0.322. The minimum Gasteiger partial charge on any atom is -0.508 e.